The summed E-state index contributed by atoms with van der Waals surface area (Å²) in [5.41, 5.74) is 0.851. The lowest BCUT2D eigenvalue weighted by Gasteiger charge is -2.14. The standard InChI is InChI=1S/C14H15NO/c1-2-3-11-15-13(16)14(9-10-14)12-7-5-4-6-8-12/h1,4-8H,3,9-11H2,(H,15,16). The van der Waals surface area contributed by atoms with Gasteiger partial charge >= 0.3 is 0 Å². The van der Waals surface area contributed by atoms with Gasteiger partial charge in [0.05, 0.1) is 5.41 Å². The summed E-state index contributed by atoms with van der Waals surface area (Å²) in [4.78, 5) is 12.0. The fourth-order valence-electron chi connectivity index (χ4n) is 1.95. The maximum atomic E-state index is 12.0. The zero-order chi connectivity index (χ0) is 11.4. The van der Waals surface area contributed by atoms with E-state index in [1.54, 1.807) is 0 Å². The molecule has 0 aromatic heterocycles. The summed E-state index contributed by atoms with van der Waals surface area (Å²) < 4.78 is 0. The van der Waals surface area contributed by atoms with Crippen molar-refractivity contribution in [2.24, 2.45) is 0 Å². The summed E-state index contributed by atoms with van der Waals surface area (Å²) in [6.07, 6.45) is 7.63. The second-order valence-electron chi connectivity index (χ2n) is 4.16. The van der Waals surface area contributed by atoms with Crippen molar-refractivity contribution in [3.8, 4) is 12.3 Å². The van der Waals surface area contributed by atoms with Gasteiger partial charge in [-0.2, -0.15) is 0 Å². The summed E-state index contributed by atoms with van der Waals surface area (Å²) in [7, 11) is 0. The SMILES string of the molecule is C#CCCNC(=O)C1(c2ccccc2)CC1. The Kier molecular flexibility index (Phi) is 2.96. The molecule has 0 unspecified atom stereocenters. The topological polar surface area (TPSA) is 29.1 Å². The molecule has 1 aliphatic carbocycles. The minimum atomic E-state index is -0.268. The normalized spacial score (nSPS) is 16.2. The van der Waals surface area contributed by atoms with Crippen LogP contribution in [0.4, 0.5) is 0 Å². The molecule has 1 amide bonds. The fraction of sp³-hybridized carbons (Fsp3) is 0.357. The van der Waals surface area contributed by atoms with Crippen LogP contribution in [0.1, 0.15) is 24.8 Å². The quantitative estimate of drug-likeness (QED) is 0.600. The third-order valence-electron chi connectivity index (χ3n) is 3.07. The van der Waals surface area contributed by atoms with Gasteiger partial charge in [0, 0.05) is 13.0 Å². The molecular weight excluding hydrogens is 198 g/mol. The molecular formula is C14H15NO. The zero-order valence-electron chi connectivity index (χ0n) is 9.20. The number of carbonyl (C=O) groups excluding carboxylic acids is 1. The van der Waals surface area contributed by atoms with Gasteiger partial charge in [-0.05, 0) is 18.4 Å². The van der Waals surface area contributed by atoms with E-state index in [0.717, 1.165) is 18.4 Å². The van der Waals surface area contributed by atoms with Crippen LogP contribution in [-0.4, -0.2) is 12.5 Å². The molecule has 0 bridgehead atoms. The van der Waals surface area contributed by atoms with Crippen molar-refractivity contribution >= 4 is 5.91 Å². The molecule has 0 spiro atoms. The van der Waals surface area contributed by atoms with Crippen molar-refractivity contribution in [2.75, 3.05) is 6.54 Å². The Morgan fingerprint density at radius 1 is 1.38 bits per heavy atom. The van der Waals surface area contributed by atoms with Crippen molar-refractivity contribution in [3.05, 3.63) is 35.9 Å². The summed E-state index contributed by atoms with van der Waals surface area (Å²) in [6.45, 7) is 0.573. The summed E-state index contributed by atoms with van der Waals surface area (Å²) in [5, 5.41) is 2.90. The predicted molar refractivity (Wildman–Crippen MR) is 63.8 cm³/mol. The summed E-state index contributed by atoms with van der Waals surface area (Å²) in [5.74, 6) is 2.64. The number of carbonyl (C=O) groups is 1. The molecule has 0 atom stereocenters. The van der Waals surface area contributed by atoms with Gasteiger partial charge in [-0.25, -0.2) is 0 Å². The molecule has 1 N–H and O–H groups in total. The summed E-state index contributed by atoms with van der Waals surface area (Å²) >= 11 is 0. The van der Waals surface area contributed by atoms with Gasteiger partial charge in [0.2, 0.25) is 5.91 Å². The lowest BCUT2D eigenvalue weighted by atomic mass is 9.95. The first-order chi connectivity index (χ1) is 7.79. The van der Waals surface area contributed by atoms with E-state index in [1.807, 2.05) is 30.3 Å². The molecule has 2 heteroatoms. The highest BCUT2D eigenvalue weighted by Crippen LogP contribution is 2.48. The first-order valence-electron chi connectivity index (χ1n) is 5.57. The van der Waals surface area contributed by atoms with Crippen molar-refractivity contribution in [1.29, 1.82) is 0 Å². The van der Waals surface area contributed by atoms with Gasteiger partial charge in [-0.3, -0.25) is 4.79 Å². The van der Waals surface area contributed by atoms with Crippen LogP contribution < -0.4 is 5.32 Å². The number of hydrogen-bond acceptors (Lipinski definition) is 1. The Morgan fingerprint density at radius 3 is 2.62 bits per heavy atom. The van der Waals surface area contributed by atoms with Crippen molar-refractivity contribution in [1.82, 2.24) is 5.32 Å². The molecule has 1 saturated carbocycles. The average Bonchev–Trinajstić information content (AvgIpc) is 3.12. The van der Waals surface area contributed by atoms with Crippen LogP contribution in [0.3, 0.4) is 0 Å². The number of hydrogen-bond donors (Lipinski definition) is 1. The zero-order valence-corrected chi connectivity index (χ0v) is 9.20. The van der Waals surface area contributed by atoms with Crippen LogP contribution in [0.2, 0.25) is 0 Å². The van der Waals surface area contributed by atoms with Crippen LogP contribution >= 0.6 is 0 Å². The Bertz CT molecular complexity index is 412. The molecule has 1 fully saturated rings. The molecule has 0 saturated heterocycles. The highest BCUT2D eigenvalue weighted by Gasteiger charge is 2.50. The molecule has 0 heterocycles. The van der Waals surface area contributed by atoms with Crippen LogP contribution in [0.25, 0.3) is 0 Å². The maximum absolute atomic E-state index is 12.0. The number of benzene rings is 1. The van der Waals surface area contributed by atoms with Crippen LogP contribution in [0, 0.1) is 12.3 Å². The van der Waals surface area contributed by atoms with Crippen LogP contribution in [0.15, 0.2) is 30.3 Å². The number of terminal acetylenes is 1. The maximum Gasteiger partial charge on any atom is 0.230 e. The minimum Gasteiger partial charge on any atom is -0.354 e. The monoisotopic (exact) mass is 213 g/mol. The van der Waals surface area contributed by atoms with Gasteiger partial charge in [-0.1, -0.05) is 30.3 Å². The van der Waals surface area contributed by atoms with E-state index in [4.69, 9.17) is 6.42 Å². The molecule has 1 aliphatic rings. The largest absolute Gasteiger partial charge is 0.354 e. The first-order valence-corrected chi connectivity index (χ1v) is 5.57. The minimum absolute atomic E-state index is 0.119. The van der Waals surface area contributed by atoms with E-state index >= 15 is 0 Å². The van der Waals surface area contributed by atoms with Gasteiger partial charge in [0.25, 0.3) is 0 Å². The fourth-order valence-corrected chi connectivity index (χ4v) is 1.95. The van der Waals surface area contributed by atoms with Crippen molar-refractivity contribution < 1.29 is 4.79 Å². The number of nitrogens with one attached hydrogen (secondary N) is 1. The van der Waals surface area contributed by atoms with Crippen molar-refractivity contribution in [2.45, 2.75) is 24.7 Å². The van der Waals surface area contributed by atoms with Crippen LogP contribution in [0.5, 0.6) is 0 Å². The molecule has 16 heavy (non-hydrogen) atoms. The Morgan fingerprint density at radius 2 is 2.06 bits per heavy atom. The molecule has 2 nitrogen and oxygen atoms in total. The smallest absolute Gasteiger partial charge is 0.230 e. The Hall–Kier alpha value is -1.75. The Balaban J connectivity index is 2.04. The third-order valence-corrected chi connectivity index (χ3v) is 3.07. The highest BCUT2D eigenvalue weighted by atomic mass is 16.2. The van der Waals surface area contributed by atoms with Crippen LogP contribution in [-0.2, 0) is 10.2 Å². The third kappa shape index (κ3) is 1.94. The van der Waals surface area contributed by atoms with E-state index in [2.05, 4.69) is 11.2 Å². The molecule has 0 aliphatic heterocycles. The second kappa shape index (κ2) is 4.40. The molecule has 0 radical (unpaired) electrons. The predicted octanol–water partition coefficient (Wildman–Crippen LogP) is 1.86. The van der Waals surface area contributed by atoms with Gasteiger partial charge in [0.1, 0.15) is 0 Å². The first kappa shape index (κ1) is 10.8. The average molecular weight is 213 g/mol. The summed E-state index contributed by atoms with van der Waals surface area (Å²) in [6, 6.07) is 9.96. The van der Waals surface area contributed by atoms with Gasteiger partial charge in [0.15, 0.2) is 0 Å². The second-order valence-corrected chi connectivity index (χ2v) is 4.16. The Labute approximate surface area is 96.1 Å². The lowest BCUT2D eigenvalue weighted by Crippen LogP contribution is -2.35. The van der Waals surface area contributed by atoms with Gasteiger partial charge in [-0.15, -0.1) is 12.3 Å². The van der Waals surface area contributed by atoms with Gasteiger partial charge < -0.3 is 5.32 Å². The number of amides is 1. The lowest BCUT2D eigenvalue weighted by molar-refractivity contribution is -0.123. The molecule has 82 valence electrons. The van der Waals surface area contributed by atoms with E-state index in [9.17, 15) is 4.79 Å². The van der Waals surface area contributed by atoms with E-state index < -0.39 is 0 Å². The highest BCUT2D eigenvalue weighted by molar-refractivity contribution is 5.91. The molecule has 2 rings (SSSR count). The van der Waals surface area contributed by atoms with Crippen molar-refractivity contribution in [3.63, 3.8) is 0 Å². The van der Waals surface area contributed by atoms with E-state index in [-0.39, 0.29) is 11.3 Å². The van der Waals surface area contributed by atoms with E-state index in [0.29, 0.717) is 13.0 Å². The van der Waals surface area contributed by atoms with E-state index in [1.165, 1.54) is 0 Å². The molecule has 1 aromatic rings. The molecule has 1 aromatic carbocycles. The number of rotatable bonds is 4.